The number of nitrogens with two attached hydrogens (primary N) is 2. The Bertz CT molecular complexity index is 601. The maximum Gasteiger partial charge on any atom is 0.141 e. The van der Waals surface area contributed by atoms with Crippen LogP contribution in [0.15, 0.2) is 27.0 Å². The molecule has 7 heteroatoms. The van der Waals surface area contributed by atoms with E-state index < -0.39 is 0 Å². The molecular weight excluding hydrogens is 345 g/mol. The first-order valence-corrected chi connectivity index (χ1v) is 6.25. The summed E-state index contributed by atoms with van der Waals surface area (Å²) in [5.41, 5.74) is 9.71. The van der Waals surface area contributed by atoms with Crippen molar-refractivity contribution in [3.63, 3.8) is 0 Å². The SMILES string of the molecule is Cc1noc(C)c1-c1cc(I)c(N)c(N=NN)c1. The highest BCUT2D eigenvalue weighted by Crippen LogP contribution is 2.36. The Hall–Kier alpha value is -1.64. The van der Waals surface area contributed by atoms with Gasteiger partial charge in [0.1, 0.15) is 11.4 Å². The molecule has 2 aromatic rings. The zero-order valence-corrected chi connectivity index (χ0v) is 12.1. The lowest BCUT2D eigenvalue weighted by atomic mass is 10.0. The van der Waals surface area contributed by atoms with E-state index in [9.17, 15) is 0 Å². The summed E-state index contributed by atoms with van der Waals surface area (Å²) in [5.74, 6) is 5.83. The highest BCUT2D eigenvalue weighted by atomic mass is 127. The number of hydrogen-bond donors (Lipinski definition) is 2. The molecule has 1 aromatic carbocycles. The molecule has 94 valence electrons. The molecule has 4 N–H and O–H groups in total. The van der Waals surface area contributed by atoms with Crippen molar-refractivity contribution in [3.05, 3.63) is 27.2 Å². The summed E-state index contributed by atoms with van der Waals surface area (Å²) in [4.78, 5) is 0. The van der Waals surface area contributed by atoms with Crippen molar-refractivity contribution in [1.82, 2.24) is 5.16 Å². The van der Waals surface area contributed by atoms with Crippen molar-refractivity contribution < 1.29 is 4.52 Å². The van der Waals surface area contributed by atoms with E-state index in [4.69, 9.17) is 16.1 Å². The van der Waals surface area contributed by atoms with E-state index in [1.807, 2.05) is 26.0 Å². The van der Waals surface area contributed by atoms with Gasteiger partial charge in [-0.1, -0.05) is 10.4 Å². The highest BCUT2D eigenvalue weighted by Gasteiger charge is 2.14. The fourth-order valence-corrected chi connectivity index (χ4v) is 2.40. The van der Waals surface area contributed by atoms with Crippen molar-refractivity contribution in [2.45, 2.75) is 13.8 Å². The summed E-state index contributed by atoms with van der Waals surface area (Å²) in [7, 11) is 0. The van der Waals surface area contributed by atoms with Crippen molar-refractivity contribution >= 4 is 34.0 Å². The number of aromatic nitrogens is 1. The summed E-state index contributed by atoms with van der Waals surface area (Å²) in [6, 6.07) is 3.78. The van der Waals surface area contributed by atoms with E-state index in [-0.39, 0.29) is 0 Å². The Morgan fingerprint density at radius 2 is 2.06 bits per heavy atom. The molecule has 0 amide bonds. The third-order valence-corrected chi connectivity index (χ3v) is 3.49. The lowest BCUT2D eigenvalue weighted by Crippen LogP contribution is -1.92. The number of halogens is 1. The Morgan fingerprint density at radius 3 is 2.61 bits per heavy atom. The van der Waals surface area contributed by atoms with Crippen LogP contribution in [0, 0.1) is 17.4 Å². The Kier molecular flexibility index (Phi) is 3.50. The summed E-state index contributed by atoms with van der Waals surface area (Å²) in [6.07, 6.45) is 0. The topological polar surface area (TPSA) is 103 Å². The molecule has 18 heavy (non-hydrogen) atoms. The molecular formula is C11H12IN5O. The van der Waals surface area contributed by atoms with Crippen LogP contribution < -0.4 is 11.6 Å². The van der Waals surface area contributed by atoms with Crippen molar-refractivity contribution in [1.29, 1.82) is 0 Å². The van der Waals surface area contributed by atoms with Crippen LogP contribution in [0.25, 0.3) is 11.1 Å². The number of rotatable bonds is 2. The average Bonchev–Trinajstić information content (AvgIpc) is 2.65. The molecule has 0 aliphatic rings. The van der Waals surface area contributed by atoms with Gasteiger partial charge in [0.25, 0.3) is 0 Å². The lowest BCUT2D eigenvalue weighted by Gasteiger charge is -2.06. The van der Waals surface area contributed by atoms with Crippen LogP contribution in [0.1, 0.15) is 11.5 Å². The monoisotopic (exact) mass is 357 g/mol. The van der Waals surface area contributed by atoms with E-state index in [1.165, 1.54) is 0 Å². The molecule has 0 unspecified atom stereocenters. The van der Waals surface area contributed by atoms with E-state index >= 15 is 0 Å². The van der Waals surface area contributed by atoms with Crippen LogP contribution in [0.2, 0.25) is 0 Å². The fraction of sp³-hybridized carbons (Fsp3) is 0.182. The minimum atomic E-state index is 0.541. The Balaban J connectivity index is 2.66. The molecule has 1 aromatic heterocycles. The molecule has 1 heterocycles. The van der Waals surface area contributed by atoms with Crippen LogP contribution in [0.5, 0.6) is 0 Å². The second-order valence-corrected chi connectivity index (χ2v) is 4.97. The number of benzene rings is 1. The van der Waals surface area contributed by atoms with Crippen molar-refractivity contribution in [2.75, 3.05) is 5.73 Å². The van der Waals surface area contributed by atoms with E-state index in [0.717, 1.165) is 26.2 Å². The second kappa shape index (κ2) is 4.92. The normalized spacial score (nSPS) is 11.3. The van der Waals surface area contributed by atoms with Crippen molar-refractivity contribution in [3.8, 4) is 11.1 Å². The Morgan fingerprint density at radius 1 is 1.33 bits per heavy atom. The zero-order chi connectivity index (χ0) is 13.3. The van der Waals surface area contributed by atoms with Gasteiger partial charge in [-0.05, 0) is 54.1 Å². The summed E-state index contributed by atoms with van der Waals surface area (Å²) in [5, 5.41) is 11.0. The lowest BCUT2D eigenvalue weighted by molar-refractivity contribution is 0.393. The van der Waals surface area contributed by atoms with Gasteiger partial charge in [0.2, 0.25) is 0 Å². The molecule has 0 atom stereocenters. The average molecular weight is 357 g/mol. The predicted octanol–water partition coefficient (Wildman–Crippen LogP) is 3.10. The van der Waals surface area contributed by atoms with Crippen LogP contribution in [0.3, 0.4) is 0 Å². The molecule has 0 bridgehead atoms. The van der Waals surface area contributed by atoms with Gasteiger partial charge in [0.05, 0.1) is 11.4 Å². The molecule has 6 nitrogen and oxygen atoms in total. The Labute approximate surface area is 118 Å². The standard InChI is InChI=1S/C11H12IN5O/c1-5-10(6(2)18-16-5)7-3-8(12)11(13)9(4-7)15-17-14/h3-4H,13H2,1-2H3,(H2,14,15). The molecule has 0 aliphatic heterocycles. The maximum absolute atomic E-state index is 5.91. The van der Waals surface area contributed by atoms with Gasteiger partial charge in [-0.3, -0.25) is 0 Å². The van der Waals surface area contributed by atoms with Gasteiger partial charge in [0.15, 0.2) is 0 Å². The summed E-state index contributed by atoms with van der Waals surface area (Å²) in [6.45, 7) is 3.75. The fourth-order valence-electron chi connectivity index (χ4n) is 1.79. The molecule has 0 saturated carbocycles. The largest absolute Gasteiger partial charge is 0.396 e. The number of hydrogen-bond acceptors (Lipinski definition) is 5. The van der Waals surface area contributed by atoms with E-state index in [1.54, 1.807) is 0 Å². The first kappa shape index (κ1) is 12.8. The number of nitrogen functional groups attached to an aromatic ring is 1. The van der Waals surface area contributed by atoms with E-state index in [0.29, 0.717) is 11.4 Å². The maximum atomic E-state index is 5.91. The van der Waals surface area contributed by atoms with E-state index in [2.05, 4.69) is 38.1 Å². The highest BCUT2D eigenvalue weighted by molar-refractivity contribution is 14.1. The zero-order valence-electron chi connectivity index (χ0n) is 9.94. The minimum Gasteiger partial charge on any atom is -0.396 e. The minimum absolute atomic E-state index is 0.541. The quantitative estimate of drug-likeness (QED) is 0.283. The second-order valence-electron chi connectivity index (χ2n) is 3.81. The molecule has 0 radical (unpaired) electrons. The van der Waals surface area contributed by atoms with Gasteiger partial charge >= 0.3 is 0 Å². The summed E-state index contributed by atoms with van der Waals surface area (Å²) >= 11 is 2.15. The number of aryl methyl sites for hydroxylation is 2. The predicted molar refractivity (Wildman–Crippen MR) is 77.2 cm³/mol. The first-order chi connectivity index (χ1) is 8.54. The van der Waals surface area contributed by atoms with Crippen LogP contribution in [-0.4, -0.2) is 5.16 Å². The van der Waals surface area contributed by atoms with Crippen LogP contribution in [-0.2, 0) is 0 Å². The number of anilines is 1. The molecule has 0 saturated heterocycles. The summed E-state index contributed by atoms with van der Waals surface area (Å²) < 4.78 is 6.04. The third-order valence-electron chi connectivity index (χ3n) is 2.60. The van der Waals surface area contributed by atoms with Crippen molar-refractivity contribution in [2.24, 2.45) is 16.2 Å². The van der Waals surface area contributed by atoms with Gasteiger partial charge in [-0.15, -0.1) is 5.11 Å². The molecule has 2 rings (SSSR count). The smallest absolute Gasteiger partial charge is 0.141 e. The van der Waals surface area contributed by atoms with Gasteiger partial charge in [0, 0.05) is 9.13 Å². The molecule has 0 spiro atoms. The number of nitrogens with zero attached hydrogens (tertiary/aromatic N) is 3. The van der Waals surface area contributed by atoms with Gasteiger partial charge < -0.3 is 16.1 Å². The third kappa shape index (κ3) is 2.17. The molecule has 0 fully saturated rings. The van der Waals surface area contributed by atoms with Crippen LogP contribution in [0.4, 0.5) is 11.4 Å². The first-order valence-electron chi connectivity index (χ1n) is 5.17. The van der Waals surface area contributed by atoms with Crippen LogP contribution >= 0.6 is 22.6 Å². The molecule has 0 aliphatic carbocycles. The van der Waals surface area contributed by atoms with Gasteiger partial charge in [-0.2, -0.15) is 0 Å². The van der Waals surface area contributed by atoms with Gasteiger partial charge in [-0.25, -0.2) is 0 Å².